The minimum atomic E-state index is -0.217. The molecule has 2 N–H and O–H groups in total. The van der Waals surface area contributed by atoms with Crippen LogP contribution in [0.2, 0.25) is 0 Å². The van der Waals surface area contributed by atoms with Crippen molar-refractivity contribution in [3.63, 3.8) is 0 Å². The number of hydrogen-bond acceptors (Lipinski definition) is 2. The first-order valence-corrected chi connectivity index (χ1v) is 6.68. The van der Waals surface area contributed by atoms with Crippen LogP contribution in [0.5, 0.6) is 5.75 Å². The average molecular weight is 431 g/mol. The number of carbonyl (C=O) groups excluding carboxylic acids is 1. The van der Waals surface area contributed by atoms with E-state index in [2.05, 4.69) is 27.9 Å². The molecule has 0 saturated carbocycles. The van der Waals surface area contributed by atoms with Gasteiger partial charge in [-0.15, -0.1) is 0 Å². The van der Waals surface area contributed by atoms with Crippen LogP contribution in [-0.4, -0.2) is 17.6 Å². The quantitative estimate of drug-likeness (QED) is 0.724. The molecule has 15 heavy (non-hydrogen) atoms. The summed E-state index contributed by atoms with van der Waals surface area (Å²) in [5, 5.41) is 12.5. The molecule has 0 atom stereocenters. The standard InChI is InChI=1S/C10H11I2NO2/c1-2-3-13-10(15)7-4-6(11)5-8(12)9(7)14/h4-5,14H,2-3H2,1H3,(H,13,15). The monoisotopic (exact) mass is 431 g/mol. The third-order valence-corrected chi connectivity index (χ3v) is 3.25. The molecule has 0 spiro atoms. The molecule has 0 radical (unpaired) electrons. The van der Waals surface area contributed by atoms with Crippen LogP contribution in [0.1, 0.15) is 23.7 Å². The molecule has 0 aliphatic rings. The number of hydrogen-bond donors (Lipinski definition) is 2. The van der Waals surface area contributed by atoms with Gasteiger partial charge in [-0.2, -0.15) is 0 Å². The number of phenolic OH excluding ortho intramolecular Hbond substituents is 1. The van der Waals surface area contributed by atoms with Crippen LogP contribution in [0.25, 0.3) is 0 Å². The van der Waals surface area contributed by atoms with Crippen molar-refractivity contribution < 1.29 is 9.90 Å². The topological polar surface area (TPSA) is 49.3 Å². The van der Waals surface area contributed by atoms with Crippen molar-refractivity contribution in [2.75, 3.05) is 6.54 Å². The minimum Gasteiger partial charge on any atom is -0.506 e. The second-order valence-corrected chi connectivity index (χ2v) is 5.45. The lowest BCUT2D eigenvalue weighted by Crippen LogP contribution is -2.24. The Morgan fingerprint density at radius 1 is 1.47 bits per heavy atom. The molecule has 1 rings (SSSR count). The van der Waals surface area contributed by atoms with Crippen molar-refractivity contribution in [3.05, 3.63) is 24.8 Å². The zero-order valence-electron chi connectivity index (χ0n) is 8.18. The fourth-order valence-corrected chi connectivity index (χ4v) is 2.92. The van der Waals surface area contributed by atoms with Crippen LogP contribution in [0, 0.1) is 7.14 Å². The zero-order chi connectivity index (χ0) is 11.4. The number of halogens is 2. The van der Waals surface area contributed by atoms with E-state index in [4.69, 9.17) is 0 Å². The van der Waals surface area contributed by atoms with Crippen LogP contribution >= 0.6 is 45.2 Å². The van der Waals surface area contributed by atoms with Crippen molar-refractivity contribution in [3.8, 4) is 5.75 Å². The summed E-state index contributed by atoms with van der Waals surface area (Å²) in [4.78, 5) is 11.7. The van der Waals surface area contributed by atoms with E-state index in [0.717, 1.165) is 9.99 Å². The molecule has 82 valence electrons. The Morgan fingerprint density at radius 2 is 2.13 bits per heavy atom. The van der Waals surface area contributed by atoms with Crippen LogP contribution in [0.4, 0.5) is 0 Å². The minimum absolute atomic E-state index is 0.0598. The highest BCUT2D eigenvalue weighted by Crippen LogP contribution is 2.26. The van der Waals surface area contributed by atoms with E-state index in [1.165, 1.54) is 0 Å². The van der Waals surface area contributed by atoms with E-state index in [1.807, 2.05) is 35.6 Å². The number of amides is 1. The van der Waals surface area contributed by atoms with Crippen molar-refractivity contribution >= 4 is 51.1 Å². The van der Waals surface area contributed by atoms with Gasteiger partial charge < -0.3 is 10.4 Å². The fourth-order valence-electron chi connectivity index (χ4n) is 1.07. The van der Waals surface area contributed by atoms with Gasteiger partial charge in [-0.1, -0.05) is 6.92 Å². The smallest absolute Gasteiger partial charge is 0.255 e. The largest absolute Gasteiger partial charge is 0.506 e. The summed E-state index contributed by atoms with van der Waals surface area (Å²) < 4.78 is 1.64. The van der Waals surface area contributed by atoms with Crippen molar-refractivity contribution in [2.45, 2.75) is 13.3 Å². The summed E-state index contributed by atoms with van der Waals surface area (Å²) in [6.45, 7) is 2.61. The van der Waals surface area contributed by atoms with Gasteiger partial charge in [-0.05, 0) is 63.7 Å². The molecule has 0 unspecified atom stereocenters. The maximum Gasteiger partial charge on any atom is 0.255 e. The summed E-state index contributed by atoms with van der Waals surface area (Å²) in [7, 11) is 0. The van der Waals surface area contributed by atoms with Gasteiger partial charge >= 0.3 is 0 Å². The molecule has 0 saturated heterocycles. The van der Waals surface area contributed by atoms with Gasteiger partial charge in [0.05, 0.1) is 9.13 Å². The van der Waals surface area contributed by atoms with Crippen LogP contribution in [-0.2, 0) is 0 Å². The number of carbonyl (C=O) groups is 1. The molecule has 1 aromatic rings. The van der Waals surface area contributed by atoms with Crippen molar-refractivity contribution in [1.82, 2.24) is 5.32 Å². The van der Waals surface area contributed by atoms with Gasteiger partial charge in [-0.25, -0.2) is 0 Å². The van der Waals surface area contributed by atoms with Crippen molar-refractivity contribution in [2.24, 2.45) is 0 Å². The Hall–Kier alpha value is -0.0500. The van der Waals surface area contributed by atoms with Crippen LogP contribution in [0.3, 0.4) is 0 Å². The fraction of sp³-hybridized carbons (Fsp3) is 0.300. The van der Waals surface area contributed by atoms with Crippen LogP contribution in [0.15, 0.2) is 12.1 Å². The number of phenols is 1. The highest BCUT2D eigenvalue weighted by Gasteiger charge is 2.13. The molecule has 3 nitrogen and oxygen atoms in total. The summed E-state index contributed by atoms with van der Waals surface area (Å²) in [5.74, 6) is -0.157. The Bertz CT molecular complexity index is 380. The summed E-state index contributed by atoms with van der Waals surface area (Å²) in [5.41, 5.74) is 0.347. The highest BCUT2D eigenvalue weighted by molar-refractivity contribution is 14.1. The predicted octanol–water partition coefficient (Wildman–Crippen LogP) is 2.74. The average Bonchev–Trinajstić information content (AvgIpc) is 2.19. The number of rotatable bonds is 3. The van der Waals surface area contributed by atoms with E-state index in [-0.39, 0.29) is 11.7 Å². The summed E-state index contributed by atoms with van der Waals surface area (Å²) >= 11 is 4.13. The lowest BCUT2D eigenvalue weighted by Gasteiger charge is -2.07. The van der Waals surface area contributed by atoms with Crippen LogP contribution < -0.4 is 5.32 Å². The van der Waals surface area contributed by atoms with Gasteiger partial charge in [0.15, 0.2) is 0 Å². The highest BCUT2D eigenvalue weighted by atomic mass is 127. The zero-order valence-corrected chi connectivity index (χ0v) is 12.5. The SMILES string of the molecule is CCCNC(=O)c1cc(I)cc(I)c1O. The molecule has 0 aromatic heterocycles. The molecule has 0 bridgehead atoms. The predicted molar refractivity (Wildman–Crippen MR) is 76.2 cm³/mol. The molecule has 5 heteroatoms. The molecule has 0 aliphatic heterocycles. The second-order valence-electron chi connectivity index (χ2n) is 3.04. The third-order valence-electron chi connectivity index (χ3n) is 1.81. The van der Waals surface area contributed by atoms with E-state index >= 15 is 0 Å². The first kappa shape index (κ1) is 13.0. The first-order valence-electron chi connectivity index (χ1n) is 4.52. The summed E-state index contributed by atoms with van der Waals surface area (Å²) in [6, 6.07) is 3.51. The molecule has 1 aromatic carbocycles. The Kier molecular flexibility index (Phi) is 5.10. The molecular weight excluding hydrogens is 420 g/mol. The van der Waals surface area contributed by atoms with Gasteiger partial charge in [-0.3, -0.25) is 4.79 Å². The Labute approximate surface area is 116 Å². The van der Waals surface area contributed by atoms with Gasteiger partial charge in [0.1, 0.15) is 5.75 Å². The molecule has 0 fully saturated rings. The van der Waals surface area contributed by atoms with Crippen molar-refractivity contribution in [1.29, 1.82) is 0 Å². The lowest BCUT2D eigenvalue weighted by molar-refractivity contribution is 0.0951. The molecule has 0 heterocycles. The number of nitrogens with one attached hydrogen (secondary N) is 1. The first-order chi connectivity index (χ1) is 7.06. The van der Waals surface area contributed by atoms with Gasteiger partial charge in [0.25, 0.3) is 5.91 Å². The Balaban J connectivity index is 2.98. The van der Waals surface area contributed by atoms with Gasteiger partial charge in [0.2, 0.25) is 0 Å². The molecule has 0 aliphatic carbocycles. The molecular formula is C10H11I2NO2. The lowest BCUT2D eigenvalue weighted by atomic mass is 10.2. The van der Waals surface area contributed by atoms with E-state index in [1.54, 1.807) is 6.07 Å². The molecule has 1 amide bonds. The summed E-state index contributed by atoms with van der Waals surface area (Å²) in [6.07, 6.45) is 0.882. The third kappa shape index (κ3) is 3.47. The maximum absolute atomic E-state index is 11.7. The van der Waals surface area contributed by atoms with E-state index in [0.29, 0.717) is 15.7 Å². The Morgan fingerprint density at radius 3 is 2.73 bits per heavy atom. The second kappa shape index (κ2) is 5.88. The number of benzene rings is 1. The van der Waals surface area contributed by atoms with Gasteiger partial charge in [0, 0.05) is 10.1 Å². The number of aromatic hydroxyl groups is 1. The van der Waals surface area contributed by atoms with E-state index in [9.17, 15) is 9.90 Å². The van der Waals surface area contributed by atoms with E-state index < -0.39 is 0 Å². The maximum atomic E-state index is 11.7. The normalized spacial score (nSPS) is 10.1.